The van der Waals surface area contributed by atoms with E-state index in [1.54, 1.807) is 30.3 Å². The Balaban J connectivity index is 1.63. The number of carbonyl (C=O) groups is 1. The average Bonchev–Trinajstić information content (AvgIpc) is 3.03. The van der Waals surface area contributed by atoms with E-state index in [1.165, 1.54) is 0 Å². The Morgan fingerprint density at radius 2 is 2.20 bits per heavy atom. The number of β-amino-alcohol motifs (C(OH)–C–C–N with tert-alkyl or cyclic N) is 1. The summed E-state index contributed by atoms with van der Waals surface area (Å²) < 4.78 is 5.79. The Morgan fingerprint density at radius 1 is 1.40 bits per heavy atom. The number of hydrogen-bond donors (Lipinski definition) is 2. The zero-order chi connectivity index (χ0) is 17.9. The van der Waals surface area contributed by atoms with Gasteiger partial charge >= 0.3 is 0 Å². The van der Waals surface area contributed by atoms with Gasteiger partial charge < -0.3 is 20.1 Å². The summed E-state index contributed by atoms with van der Waals surface area (Å²) in [7, 11) is 1.76. The normalized spacial score (nSPS) is 19.7. The third-order valence-corrected chi connectivity index (χ3v) is 4.47. The molecule has 6 nitrogen and oxygen atoms in total. The molecule has 1 aliphatic rings. The van der Waals surface area contributed by atoms with E-state index in [2.05, 4.69) is 10.3 Å². The lowest BCUT2D eigenvalue weighted by atomic mass is 10.1. The molecule has 2 heterocycles. The fraction of sp³-hybridized carbons (Fsp3) is 0.368. The van der Waals surface area contributed by atoms with E-state index in [-0.39, 0.29) is 19.1 Å². The maximum absolute atomic E-state index is 12.6. The van der Waals surface area contributed by atoms with Crippen LogP contribution in [0.1, 0.15) is 22.3 Å². The number of benzene rings is 1. The summed E-state index contributed by atoms with van der Waals surface area (Å²) in [6, 6.07) is 11.1. The first kappa shape index (κ1) is 17.2. The first-order chi connectivity index (χ1) is 12.0. The van der Waals surface area contributed by atoms with Crippen LogP contribution < -0.4 is 10.1 Å². The lowest BCUT2D eigenvalue weighted by molar-refractivity contribution is 0.00413. The third kappa shape index (κ3) is 3.91. The summed E-state index contributed by atoms with van der Waals surface area (Å²) in [5.74, 6) is 1.29. The minimum absolute atomic E-state index is 0.106. The number of rotatable bonds is 5. The van der Waals surface area contributed by atoms with Crippen molar-refractivity contribution in [3.05, 3.63) is 53.7 Å². The number of aliphatic hydroxyl groups is 1. The van der Waals surface area contributed by atoms with Crippen molar-refractivity contribution < 1.29 is 14.6 Å². The van der Waals surface area contributed by atoms with Crippen LogP contribution in [-0.4, -0.2) is 53.2 Å². The molecule has 1 fully saturated rings. The minimum atomic E-state index is -1.03. The highest BCUT2D eigenvalue weighted by atomic mass is 16.5. The number of para-hydroxylation sites is 1. The second-order valence-electron chi connectivity index (χ2n) is 6.43. The summed E-state index contributed by atoms with van der Waals surface area (Å²) in [5, 5.41) is 13.7. The van der Waals surface area contributed by atoms with Crippen LogP contribution in [0.4, 0.5) is 5.82 Å². The Bertz CT molecular complexity index is 765. The van der Waals surface area contributed by atoms with Gasteiger partial charge in [-0.2, -0.15) is 0 Å². The van der Waals surface area contributed by atoms with Crippen LogP contribution in [0.2, 0.25) is 0 Å². The van der Waals surface area contributed by atoms with E-state index in [0.717, 1.165) is 11.3 Å². The number of pyridine rings is 1. The number of likely N-dealkylation sites (tertiary alicyclic amines) is 1. The molecule has 1 aliphatic heterocycles. The standard InChI is InChI=1S/C19H23N3O3/c1-14-5-3-4-6-16(14)25-13-19(24)8-10-22(12-19)18(23)15-7-9-21-17(11-15)20-2/h3-7,9,11,24H,8,10,12-13H2,1-2H3,(H,20,21). The maximum Gasteiger partial charge on any atom is 0.254 e. The molecule has 1 saturated heterocycles. The van der Waals surface area contributed by atoms with Gasteiger partial charge in [0.25, 0.3) is 5.91 Å². The van der Waals surface area contributed by atoms with Gasteiger partial charge in [-0.15, -0.1) is 0 Å². The van der Waals surface area contributed by atoms with Gasteiger partial charge in [0, 0.05) is 25.4 Å². The predicted molar refractivity (Wildman–Crippen MR) is 95.9 cm³/mol. The number of nitrogens with one attached hydrogen (secondary N) is 1. The van der Waals surface area contributed by atoms with E-state index >= 15 is 0 Å². The second-order valence-corrected chi connectivity index (χ2v) is 6.43. The predicted octanol–water partition coefficient (Wildman–Crippen LogP) is 2.09. The molecule has 0 saturated carbocycles. The number of ether oxygens (including phenoxy) is 1. The van der Waals surface area contributed by atoms with Crippen molar-refractivity contribution in [3.63, 3.8) is 0 Å². The van der Waals surface area contributed by atoms with Crippen LogP contribution >= 0.6 is 0 Å². The largest absolute Gasteiger partial charge is 0.490 e. The van der Waals surface area contributed by atoms with Gasteiger partial charge in [0.05, 0.1) is 6.54 Å². The lowest BCUT2D eigenvalue weighted by Gasteiger charge is -2.24. The number of aryl methyl sites for hydroxylation is 1. The number of nitrogens with zero attached hydrogens (tertiary/aromatic N) is 2. The maximum atomic E-state index is 12.6. The Morgan fingerprint density at radius 3 is 2.96 bits per heavy atom. The smallest absolute Gasteiger partial charge is 0.254 e. The van der Waals surface area contributed by atoms with Gasteiger partial charge in [-0.3, -0.25) is 4.79 Å². The molecule has 1 amide bonds. The molecule has 2 aromatic rings. The van der Waals surface area contributed by atoms with E-state index < -0.39 is 5.60 Å². The van der Waals surface area contributed by atoms with Crippen molar-refractivity contribution in [2.45, 2.75) is 18.9 Å². The molecule has 0 aliphatic carbocycles. The molecule has 0 radical (unpaired) electrons. The van der Waals surface area contributed by atoms with E-state index in [9.17, 15) is 9.90 Å². The van der Waals surface area contributed by atoms with Crippen molar-refractivity contribution in [2.24, 2.45) is 0 Å². The van der Waals surface area contributed by atoms with Crippen molar-refractivity contribution in [2.75, 3.05) is 32.1 Å². The van der Waals surface area contributed by atoms with E-state index in [0.29, 0.717) is 24.3 Å². The van der Waals surface area contributed by atoms with Gasteiger partial charge in [0.15, 0.2) is 0 Å². The molecule has 0 spiro atoms. The number of aromatic nitrogens is 1. The molecule has 2 N–H and O–H groups in total. The monoisotopic (exact) mass is 341 g/mol. The minimum Gasteiger partial charge on any atom is -0.490 e. The third-order valence-electron chi connectivity index (χ3n) is 4.47. The fourth-order valence-electron chi connectivity index (χ4n) is 2.96. The molecule has 6 heteroatoms. The summed E-state index contributed by atoms with van der Waals surface area (Å²) >= 11 is 0. The van der Waals surface area contributed by atoms with Gasteiger partial charge in [-0.05, 0) is 37.1 Å². The van der Waals surface area contributed by atoms with Gasteiger partial charge in [-0.25, -0.2) is 4.98 Å². The number of carbonyl (C=O) groups excluding carboxylic acids is 1. The van der Waals surface area contributed by atoms with Crippen LogP contribution in [0.25, 0.3) is 0 Å². The van der Waals surface area contributed by atoms with E-state index in [4.69, 9.17) is 4.74 Å². The summed E-state index contributed by atoms with van der Waals surface area (Å²) in [6.07, 6.45) is 2.09. The molecular formula is C19H23N3O3. The van der Waals surface area contributed by atoms with Gasteiger partial charge in [0.1, 0.15) is 23.8 Å². The van der Waals surface area contributed by atoms with Crippen LogP contribution in [0, 0.1) is 6.92 Å². The fourth-order valence-corrected chi connectivity index (χ4v) is 2.96. The zero-order valence-corrected chi connectivity index (χ0v) is 14.5. The van der Waals surface area contributed by atoms with Crippen molar-refractivity contribution >= 4 is 11.7 Å². The summed E-state index contributed by atoms with van der Waals surface area (Å²) in [6.45, 7) is 2.89. The summed E-state index contributed by atoms with van der Waals surface area (Å²) in [4.78, 5) is 18.4. The van der Waals surface area contributed by atoms with Crippen LogP contribution in [-0.2, 0) is 0 Å². The number of anilines is 1. The zero-order valence-electron chi connectivity index (χ0n) is 14.5. The number of amides is 1. The average molecular weight is 341 g/mol. The molecule has 1 aromatic carbocycles. The molecular weight excluding hydrogens is 318 g/mol. The van der Waals surface area contributed by atoms with Crippen LogP contribution in [0.5, 0.6) is 5.75 Å². The molecule has 132 valence electrons. The van der Waals surface area contributed by atoms with Crippen molar-refractivity contribution in [1.29, 1.82) is 0 Å². The van der Waals surface area contributed by atoms with Gasteiger partial charge in [0.2, 0.25) is 0 Å². The van der Waals surface area contributed by atoms with Crippen molar-refractivity contribution in [1.82, 2.24) is 9.88 Å². The Labute approximate surface area is 147 Å². The molecule has 25 heavy (non-hydrogen) atoms. The molecule has 0 bridgehead atoms. The summed E-state index contributed by atoms with van der Waals surface area (Å²) in [5.41, 5.74) is 0.549. The topological polar surface area (TPSA) is 74.7 Å². The second kappa shape index (κ2) is 7.11. The molecule has 1 atom stereocenters. The van der Waals surface area contributed by atoms with E-state index in [1.807, 2.05) is 31.2 Å². The first-order valence-electron chi connectivity index (χ1n) is 8.35. The first-order valence-corrected chi connectivity index (χ1v) is 8.35. The van der Waals surface area contributed by atoms with Crippen molar-refractivity contribution in [3.8, 4) is 5.75 Å². The molecule has 1 aromatic heterocycles. The highest BCUT2D eigenvalue weighted by Crippen LogP contribution is 2.25. The van der Waals surface area contributed by atoms with Gasteiger partial charge in [-0.1, -0.05) is 18.2 Å². The highest BCUT2D eigenvalue weighted by Gasteiger charge is 2.39. The quantitative estimate of drug-likeness (QED) is 0.871. The highest BCUT2D eigenvalue weighted by molar-refractivity contribution is 5.95. The molecule has 1 unspecified atom stereocenters. The van der Waals surface area contributed by atoms with Crippen LogP contribution in [0.3, 0.4) is 0 Å². The Hall–Kier alpha value is -2.60. The SMILES string of the molecule is CNc1cc(C(=O)N2CCC(O)(COc3ccccc3C)C2)ccn1. The number of hydrogen-bond acceptors (Lipinski definition) is 5. The lowest BCUT2D eigenvalue weighted by Crippen LogP contribution is -2.40. The van der Waals surface area contributed by atoms with Crippen LogP contribution in [0.15, 0.2) is 42.6 Å². The Kier molecular flexibility index (Phi) is 4.90. The molecule has 3 rings (SSSR count).